The summed E-state index contributed by atoms with van der Waals surface area (Å²) in [5, 5.41) is 19.6. The van der Waals surface area contributed by atoms with Crippen LogP contribution in [0.1, 0.15) is 21.5 Å². The first-order valence-electron chi connectivity index (χ1n) is 10.9. The fourth-order valence-electron chi connectivity index (χ4n) is 3.64. The lowest BCUT2D eigenvalue weighted by Crippen LogP contribution is -2.05. The Kier molecular flexibility index (Phi) is 6.05. The predicted octanol–water partition coefficient (Wildman–Crippen LogP) is 3.94. The molecule has 0 aliphatic carbocycles. The minimum atomic E-state index is -0.451. The van der Waals surface area contributed by atoms with Crippen LogP contribution in [0.3, 0.4) is 0 Å². The van der Waals surface area contributed by atoms with Crippen LogP contribution in [0.5, 0.6) is 0 Å². The van der Waals surface area contributed by atoms with Crippen LogP contribution in [-0.2, 0) is 4.74 Å². The smallest absolute Gasteiger partial charge is 0.337 e. The van der Waals surface area contributed by atoms with Crippen LogP contribution in [-0.4, -0.2) is 53.4 Å². The molecule has 12 nitrogen and oxygen atoms in total. The Morgan fingerprint density at radius 1 is 0.806 bits per heavy atom. The summed E-state index contributed by atoms with van der Waals surface area (Å²) in [4.78, 5) is 30.7. The number of H-pyrrole nitrogens is 2. The summed E-state index contributed by atoms with van der Waals surface area (Å²) in [5.74, 6) is 0.336. The van der Waals surface area contributed by atoms with Crippen molar-refractivity contribution in [2.24, 2.45) is 0 Å². The Morgan fingerprint density at radius 3 is 1.86 bits per heavy atom. The molecule has 5 aromatic rings. The molecule has 0 aliphatic rings. The second-order valence-electron chi connectivity index (χ2n) is 7.93. The van der Waals surface area contributed by atoms with E-state index in [2.05, 4.69) is 41.0 Å². The molecule has 0 atom stereocenters. The SMILES string of the molecule is COC(=O)c1ccc(-c2nc(Nc3cn[nH]c3)ncc2C)c(-c2nc(Nc3cn[nH]c3)ncc2C)c1. The van der Waals surface area contributed by atoms with E-state index in [1.807, 2.05) is 19.9 Å². The number of aromatic nitrogens is 8. The zero-order valence-electron chi connectivity index (χ0n) is 19.7. The molecule has 4 aromatic heterocycles. The summed E-state index contributed by atoms with van der Waals surface area (Å²) in [5.41, 5.74) is 6.30. The number of hydrogen-bond acceptors (Lipinski definition) is 10. The van der Waals surface area contributed by atoms with Gasteiger partial charge in [0.05, 0.1) is 47.8 Å². The Balaban J connectivity index is 1.64. The minimum Gasteiger partial charge on any atom is -0.465 e. The van der Waals surface area contributed by atoms with E-state index in [1.165, 1.54) is 7.11 Å². The number of methoxy groups -OCH3 is 1. The van der Waals surface area contributed by atoms with Crippen molar-refractivity contribution in [2.45, 2.75) is 13.8 Å². The number of anilines is 4. The lowest BCUT2D eigenvalue weighted by molar-refractivity contribution is 0.0601. The predicted molar refractivity (Wildman–Crippen MR) is 133 cm³/mol. The average Bonchev–Trinajstić information content (AvgIpc) is 3.60. The van der Waals surface area contributed by atoms with Gasteiger partial charge in [0.1, 0.15) is 0 Å². The van der Waals surface area contributed by atoms with E-state index < -0.39 is 5.97 Å². The normalized spacial score (nSPS) is 10.8. The molecule has 0 saturated carbocycles. The van der Waals surface area contributed by atoms with Crippen molar-refractivity contribution < 1.29 is 9.53 Å². The number of carbonyl (C=O) groups excluding carboxylic acids is 1. The summed E-state index contributed by atoms with van der Waals surface area (Å²) in [6, 6.07) is 5.29. The monoisotopic (exact) mass is 482 g/mol. The number of hydrogen-bond donors (Lipinski definition) is 4. The van der Waals surface area contributed by atoms with Gasteiger partial charge in [-0.1, -0.05) is 6.07 Å². The molecule has 1 aromatic carbocycles. The number of aromatic amines is 2. The molecule has 5 rings (SSSR count). The first-order valence-corrected chi connectivity index (χ1v) is 10.9. The molecule has 0 bridgehead atoms. The van der Waals surface area contributed by atoms with Crippen LogP contribution in [0.15, 0.2) is 55.4 Å². The van der Waals surface area contributed by atoms with Gasteiger partial charge in [-0.2, -0.15) is 10.2 Å². The first-order chi connectivity index (χ1) is 17.5. The molecule has 0 aliphatic heterocycles. The van der Waals surface area contributed by atoms with Crippen LogP contribution in [0.25, 0.3) is 22.5 Å². The molecule has 4 N–H and O–H groups in total. The number of nitrogens with one attached hydrogen (secondary N) is 4. The number of carbonyl (C=O) groups is 1. The molecule has 0 radical (unpaired) electrons. The second-order valence-corrected chi connectivity index (χ2v) is 7.93. The molecule has 180 valence electrons. The summed E-state index contributed by atoms with van der Waals surface area (Å²) in [7, 11) is 1.35. The number of aryl methyl sites for hydroxylation is 2. The lowest BCUT2D eigenvalue weighted by Gasteiger charge is -2.15. The maximum atomic E-state index is 12.4. The van der Waals surface area contributed by atoms with Gasteiger partial charge >= 0.3 is 5.97 Å². The van der Waals surface area contributed by atoms with E-state index in [4.69, 9.17) is 14.7 Å². The van der Waals surface area contributed by atoms with Gasteiger partial charge < -0.3 is 15.4 Å². The van der Waals surface area contributed by atoms with Crippen molar-refractivity contribution in [1.29, 1.82) is 0 Å². The third-order valence-corrected chi connectivity index (χ3v) is 5.40. The van der Waals surface area contributed by atoms with Crippen LogP contribution in [0.2, 0.25) is 0 Å². The second kappa shape index (κ2) is 9.62. The third kappa shape index (κ3) is 4.59. The van der Waals surface area contributed by atoms with Crippen molar-refractivity contribution >= 4 is 29.2 Å². The molecule has 12 heteroatoms. The third-order valence-electron chi connectivity index (χ3n) is 5.40. The van der Waals surface area contributed by atoms with Gasteiger partial charge in [-0.15, -0.1) is 0 Å². The number of nitrogens with zero attached hydrogens (tertiary/aromatic N) is 6. The van der Waals surface area contributed by atoms with Crippen LogP contribution in [0, 0.1) is 13.8 Å². The highest BCUT2D eigenvalue weighted by Gasteiger charge is 2.19. The fourth-order valence-corrected chi connectivity index (χ4v) is 3.64. The maximum Gasteiger partial charge on any atom is 0.337 e. The highest BCUT2D eigenvalue weighted by Crippen LogP contribution is 2.35. The first kappa shape index (κ1) is 22.7. The molecule has 36 heavy (non-hydrogen) atoms. The Hall–Kier alpha value is -5.13. The largest absolute Gasteiger partial charge is 0.465 e. The highest BCUT2D eigenvalue weighted by molar-refractivity contribution is 5.94. The van der Waals surface area contributed by atoms with Gasteiger partial charge in [-0.25, -0.2) is 24.7 Å². The zero-order valence-corrected chi connectivity index (χ0v) is 19.7. The number of rotatable bonds is 7. The van der Waals surface area contributed by atoms with Crippen molar-refractivity contribution in [2.75, 3.05) is 17.7 Å². The van der Waals surface area contributed by atoms with E-state index in [-0.39, 0.29) is 0 Å². The topological polar surface area (TPSA) is 159 Å². The molecular formula is C24H22N10O2. The summed E-state index contributed by atoms with van der Waals surface area (Å²) < 4.78 is 4.96. The maximum absolute atomic E-state index is 12.4. The van der Waals surface area contributed by atoms with Gasteiger partial charge in [0.15, 0.2) is 0 Å². The van der Waals surface area contributed by atoms with E-state index in [0.717, 1.165) is 28.1 Å². The standard InChI is InChI=1S/C24H22N10O2/c1-13-7-25-23(31-16-9-27-28-10-16)33-20(13)18-5-4-15(22(35)36-3)6-19(18)21-14(2)8-26-24(34-21)32-17-11-29-30-12-17/h4-12H,1-3H3,(H,27,28)(H,29,30)(H,25,31,33)(H,26,32,34). The number of esters is 1. The quantitative estimate of drug-likeness (QED) is 0.250. The average molecular weight is 483 g/mol. The van der Waals surface area contributed by atoms with Crippen LogP contribution >= 0.6 is 0 Å². The van der Waals surface area contributed by atoms with Gasteiger partial charge in [0.25, 0.3) is 0 Å². The minimum absolute atomic E-state index is 0.383. The molecular weight excluding hydrogens is 460 g/mol. The van der Waals surface area contributed by atoms with Gasteiger partial charge in [0, 0.05) is 35.9 Å². The molecule has 0 spiro atoms. The molecule has 0 unspecified atom stereocenters. The van der Waals surface area contributed by atoms with Crippen molar-refractivity contribution in [3.05, 3.63) is 72.1 Å². The fraction of sp³-hybridized carbons (Fsp3) is 0.125. The number of benzene rings is 1. The van der Waals surface area contributed by atoms with E-state index in [9.17, 15) is 4.79 Å². The van der Waals surface area contributed by atoms with Crippen molar-refractivity contribution in [3.8, 4) is 22.5 Å². The molecule has 0 saturated heterocycles. The van der Waals surface area contributed by atoms with Crippen molar-refractivity contribution in [3.63, 3.8) is 0 Å². The highest BCUT2D eigenvalue weighted by atomic mass is 16.5. The Labute approximate surface area is 205 Å². The Morgan fingerprint density at radius 2 is 1.36 bits per heavy atom. The van der Waals surface area contributed by atoms with Crippen LogP contribution < -0.4 is 10.6 Å². The van der Waals surface area contributed by atoms with Gasteiger partial charge in [0.2, 0.25) is 11.9 Å². The van der Waals surface area contributed by atoms with Gasteiger partial charge in [-0.05, 0) is 37.1 Å². The Bertz CT molecular complexity index is 1510. The van der Waals surface area contributed by atoms with Crippen LogP contribution in [0.4, 0.5) is 23.3 Å². The van der Waals surface area contributed by atoms with Gasteiger partial charge in [-0.3, -0.25) is 10.2 Å². The molecule has 0 amide bonds. The van der Waals surface area contributed by atoms with E-state index in [0.29, 0.717) is 34.4 Å². The number of ether oxygens (including phenoxy) is 1. The van der Waals surface area contributed by atoms with Crippen molar-refractivity contribution in [1.82, 2.24) is 40.3 Å². The molecule has 0 fully saturated rings. The van der Waals surface area contributed by atoms with E-state index in [1.54, 1.807) is 49.3 Å². The zero-order chi connectivity index (χ0) is 25.1. The summed E-state index contributed by atoms with van der Waals surface area (Å²) in [6.07, 6.45) is 10.1. The van der Waals surface area contributed by atoms with E-state index >= 15 is 0 Å². The molecule has 4 heterocycles. The lowest BCUT2D eigenvalue weighted by atomic mass is 9.95. The summed E-state index contributed by atoms with van der Waals surface area (Å²) in [6.45, 7) is 3.83. The summed E-state index contributed by atoms with van der Waals surface area (Å²) >= 11 is 0.